The van der Waals surface area contributed by atoms with Crippen LogP contribution in [-0.4, -0.2) is 21.7 Å². The smallest absolute Gasteiger partial charge is 0.289 e. The summed E-state index contributed by atoms with van der Waals surface area (Å²) in [6, 6.07) is 0. The summed E-state index contributed by atoms with van der Waals surface area (Å²) in [5, 5.41) is 4.06. The molecule has 0 bridgehead atoms. The van der Waals surface area contributed by atoms with Crippen molar-refractivity contribution in [1.82, 2.24) is 9.78 Å². The summed E-state index contributed by atoms with van der Waals surface area (Å²) < 4.78 is 37.9. The van der Waals surface area contributed by atoms with Crippen LogP contribution in [0.4, 0.5) is 13.2 Å². The Balaban J connectivity index is 2.98. The van der Waals surface area contributed by atoms with E-state index < -0.39 is 18.4 Å². The van der Waals surface area contributed by atoms with Gasteiger partial charge in [0.05, 0.1) is 5.69 Å². The molecular formula is C10H13F3N2O. The zero-order valence-corrected chi connectivity index (χ0v) is 9.35. The van der Waals surface area contributed by atoms with E-state index in [9.17, 15) is 18.0 Å². The standard InChI is InChI=1S/C10H13F3N2O/c1-4-15-7(3)8(6(2)14-15)5-9(16)10(11,12)13/h4-5H2,1-3H3. The van der Waals surface area contributed by atoms with E-state index in [1.54, 1.807) is 18.5 Å². The molecule has 0 aliphatic heterocycles. The molecule has 0 aliphatic rings. The number of ketones is 1. The highest BCUT2D eigenvalue weighted by Crippen LogP contribution is 2.21. The Labute approximate surface area is 91.3 Å². The van der Waals surface area contributed by atoms with Crippen LogP contribution in [0.5, 0.6) is 0 Å². The quantitative estimate of drug-likeness (QED) is 0.803. The minimum atomic E-state index is -4.77. The second kappa shape index (κ2) is 4.27. The van der Waals surface area contributed by atoms with Crippen molar-refractivity contribution in [2.45, 2.75) is 39.9 Å². The molecule has 0 radical (unpaired) electrons. The van der Waals surface area contributed by atoms with Crippen LogP contribution in [0.15, 0.2) is 0 Å². The number of aryl methyl sites for hydroxylation is 2. The van der Waals surface area contributed by atoms with E-state index in [1.165, 1.54) is 0 Å². The van der Waals surface area contributed by atoms with Crippen molar-refractivity contribution in [3.05, 3.63) is 17.0 Å². The molecule has 6 heteroatoms. The maximum atomic E-state index is 12.1. The van der Waals surface area contributed by atoms with Gasteiger partial charge in [-0.3, -0.25) is 9.48 Å². The van der Waals surface area contributed by atoms with Crippen LogP contribution in [0.3, 0.4) is 0 Å². The summed E-state index contributed by atoms with van der Waals surface area (Å²) in [5.41, 5.74) is 1.48. The van der Waals surface area contributed by atoms with Gasteiger partial charge in [0, 0.05) is 24.2 Å². The summed E-state index contributed by atoms with van der Waals surface area (Å²) in [6.45, 7) is 5.70. The van der Waals surface area contributed by atoms with Crippen LogP contribution in [0.25, 0.3) is 0 Å². The number of Topliss-reactive ketones (excluding diaryl/α,β-unsaturated/α-hetero) is 1. The molecule has 0 N–H and O–H groups in total. The van der Waals surface area contributed by atoms with E-state index >= 15 is 0 Å². The van der Waals surface area contributed by atoms with Gasteiger partial charge >= 0.3 is 6.18 Å². The van der Waals surface area contributed by atoms with Gasteiger partial charge in [-0.25, -0.2) is 0 Å². The first-order chi connectivity index (χ1) is 7.27. The van der Waals surface area contributed by atoms with Crippen LogP contribution in [-0.2, 0) is 17.8 Å². The Bertz CT molecular complexity index is 407. The van der Waals surface area contributed by atoms with E-state index in [4.69, 9.17) is 0 Å². The molecule has 1 aromatic heterocycles. The molecule has 0 aromatic carbocycles. The summed E-state index contributed by atoms with van der Waals surface area (Å²) in [6.07, 6.45) is -5.39. The molecular weight excluding hydrogens is 221 g/mol. The van der Waals surface area contributed by atoms with Gasteiger partial charge in [-0.15, -0.1) is 0 Å². The first kappa shape index (κ1) is 12.7. The van der Waals surface area contributed by atoms with Gasteiger partial charge < -0.3 is 0 Å². The van der Waals surface area contributed by atoms with E-state index in [0.717, 1.165) is 0 Å². The van der Waals surface area contributed by atoms with E-state index in [1.807, 2.05) is 6.92 Å². The molecule has 1 aromatic rings. The number of rotatable bonds is 3. The summed E-state index contributed by atoms with van der Waals surface area (Å²) in [4.78, 5) is 10.9. The zero-order chi connectivity index (χ0) is 12.5. The van der Waals surface area contributed by atoms with Gasteiger partial charge in [-0.05, 0) is 20.8 Å². The van der Waals surface area contributed by atoms with Crippen molar-refractivity contribution in [2.75, 3.05) is 0 Å². The van der Waals surface area contributed by atoms with Crippen LogP contribution in [0, 0.1) is 13.8 Å². The Morgan fingerprint density at radius 3 is 2.31 bits per heavy atom. The van der Waals surface area contributed by atoms with Crippen LogP contribution >= 0.6 is 0 Å². The van der Waals surface area contributed by atoms with Crippen molar-refractivity contribution < 1.29 is 18.0 Å². The number of alkyl halides is 3. The van der Waals surface area contributed by atoms with Crippen LogP contribution in [0.2, 0.25) is 0 Å². The molecule has 3 nitrogen and oxygen atoms in total. The first-order valence-corrected chi connectivity index (χ1v) is 4.90. The molecule has 0 amide bonds. The van der Waals surface area contributed by atoms with Crippen molar-refractivity contribution >= 4 is 5.78 Å². The number of hydrogen-bond acceptors (Lipinski definition) is 2. The second-order valence-electron chi connectivity index (χ2n) is 3.56. The number of carbonyl (C=O) groups excluding carboxylic acids is 1. The molecule has 1 heterocycles. The lowest BCUT2D eigenvalue weighted by atomic mass is 10.1. The van der Waals surface area contributed by atoms with Gasteiger partial charge in [0.25, 0.3) is 0 Å². The maximum Gasteiger partial charge on any atom is 0.450 e. The fourth-order valence-corrected chi connectivity index (χ4v) is 1.56. The molecule has 90 valence electrons. The number of halogens is 3. The van der Waals surface area contributed by atoms with E-state index in [2.05, 4.69) is 5.10 Å². The molecule has 0 atom stereocenters. The topological polar surface area (TPSA) is 34.9 Å². The molecule has 16 heavy (non-hydrogen) atoms. The predicted octanol–water partition coefficient (Wildman–Crippen LogP) is 2.19. The Kier molecular flexibility index (Phi) is 3.40. The minimum Gasteiger partial charge on any atom is -0.289 e. The number of carbonyl (C=O) groups is 1. The number of aromatic nitrogens is 2. The van der Waals surface area contributed by atoms with Crippen molar-refractivity contribution in [3.63, 3.8) is 0 Å². The van der Waals surface area contributed by atoms with Crippen molar-refractivity contribution in [3.8, 4) is 0 Å². The third-order valence-corrected chi connectivity index (χ3v) is 2.48. The van der Waals surface area contributed by atoms with Gasteiger partial charge in [-0.1, -0.05) is 0 Å². The highest BCUT2D eigenvalue weighted by atomic mass is 19.4. The second-order valence-corrected chi connectivity index (χ2v) is 3.56. The van der Waals surface area contributed by atoms with Crippen molar-refractivity contribution in [2.24, 2.45) is 0 Å². The Morgan fingerprint density at radius 1 is 1.38 bits per heavy atom. The lowest BCUT2D eigenvalue weighted by molar-refractivity contribution is -0.170. The van der Waals surface area contributed by atoms with Gasteiger partial charge in [0.15, 0.2) is 0 Å². The monoisotopic (exact) mass is 234 g/mol. The first-order valence-electron chi connectivity index (χ1n) is 4.90. The average molecular weight is 234 g/mol. The lowest BCUT2D eigenvalue weighted by Crippen LogP contribution is -2.25. The lowest BCUT2D eigenvalue weighted by Gasteiger charge is -2.05. The fourth-order valence-electron chi connectivity index (χ4n) is 1.56. The number of nitrogens with zero attached hydrogens (tertiary/aromatic N) is 2. The molecule has 0 saturated heterocycles. The molecule has 0 saturated carbocycles. The molecule has 0 aliphatic carbocycles. The molecule has 0 spiro atoms. The molecule has 0 fully saturated rings. The van der Waals surface area contributed by atoms with Gasteiger partial charge in [0.2, 0.25) is 5.78 Å². The van der Waals surface area contributed by atoms with Gasteiger partial charge in [0.1, 0.15) is 0 Å². The van der Waals surface area contributed by atoms with Crippen LogP contribution in [0.1, 0.15) is 23.9 Å². The Morgan fingerprint density at radius 2 is 1.94 bits per heavy atom. The summed E-state index contributed by atoms with van der Waals surface area (Å²) >= 11 is 0. The minimum absolute atomic E-state index is 0.379. The average Bonchev–Trinajstić information content (AvgIpc) is 2.43. The number of hydrogen-bond donors (Lipinski definition) is 0. The normalized spacial score (nSPS) is 11.9. The predicted molar refractivity (Wildman–Crippen MR) is 52.1 cm³/mol. The maximum absolute atomic E-state index is 12.1. The highest BCUT2D eigenvalue weighted by Gasteiger charge is 2.38. The van der Waals surface area contributed by atoms with E-state index in [0.29, 0.717) is 23.5 Å². The molecule has 0 unspecified atom stereocenters. The third kappa shape index (κ3) is 2.43. The third-order valence-electron chi connectivity index (χ3n) is 2.48. The van der Waals surface area contributed by atoms with Crippen molar-refractivity contribution in [1.29, 1.82) is 0 Å². The Hall–Kier alpha value is -1.33. The molecule has 1 rings (SSSR count). The highest BCUT2D eigenvalue weighted by molar-refractivity contribution is 5.86. The summed E-state index contributed by atoms with van der Waals surface area (Å²) in [7, 11) is 0. The zero-order valence-electron chi connectivity index (χ0n) is 9.35. The SMILES string of the molecule is CCn1nc(C)c(CC(=O)C(F)(F)F)c1C. The fraction of sp³-hybridized carbons (Fsp3) is 0.600. The van der Waals surface area contributed by atoms with E-state index in [-0.39, 0.29) is 0 Å². The summed E-state index contributed by atoms with van der Waals surface area (Å²) in [5.74, 6) is -1.73. The van der Waals surface area contributed by atoms with Gasteiger partial charge in [-0.2, -0.15) is 18.3 Å². The largest absolute Gasteiger partial charge is 0.450 e. The van der Waals surface area contributed by atoms with Crippen LogP contribution < -0.4 is 0 Å².